The molecule has 3 nitrogen and oxygen atoms in total. The Morgan fingerprint density at radius 1 is 1.10 bits per heavy atom. The second-order valence-corrected chi connectivity index (χ2v) is 5.01. The molecule has 0 saturated heterocycles. The van der Waals surface area contributed by atoms with E-state index in [1.54, 1.807) is 18.2 Å². The molecule has 3 aromatic rings. The van der Waals surface area contributed by atoms with Gasteiger partial charge in [-0.3, -0.25) is 5.84 Å². The summed E-state index contributed by atoms with van der Waals surface area (Å²) in [5.74, 6) is 5.18. The van der Waals surface area contributed by atoms with Gasteiger partial charge in [0.05, 0.1) is 5.02 Å². The molecule has 0 aliphatic rings. The standard InChI is InChI=1S/C15H11ClF2N2O/c16-11-6-8(1-3-12(11)18)15(20-19)14-7-9-5-10(17)2-4-13(9)21-14/h1-7,15,20H,19H2. The molecule has 0 fully saturated rings. The molecule has 1 aromatic heterocycles. The lowest BCUT2D eigenvalue weighted by molar-refractivity contribution is 0.476. The van der Waals surface area contributed by atoms with Crippen LogP contribution in [0.15, 0.2) is 46.9 Å². The summed E-state index contributed by atoms with van der Waals surface area (Å²) >= 11 is 5.78. The number of benzene rings is 2. The molecule has 3 N–H and O–H groups in total. The van der Waals surface area contributed by atoms with Gasteiger partial charge in [-0.2, -0.15) is 0 Å². The van der Waals surface area contributed by atoms with Crippen molar-refractivity contribution in [1.82, 2.24) is 5.43 Å². The number of hydrogen-bond donors (Lipinski definition) is 2. The minimum Gasteiger partial charge on any atom is -0.459 e. The van der Waals surface area contributed by atoms with Gasteiger partial charge in [0.2, 0.25) is 0 Å². The summed E-state index contributed by atoms with van der Waals surface area (Å²) in [4.78, 5) is 0. The number of hydrogen-bond acceptors (Lipinski definition) is 3. The van der Waals surface area contributed by atoms with Crippen molar-refractivity contribution in [3.63, 3.8) is 0 Å². The van der Waals surface area contributed by atoms with E-state index in [0.717, 1.165) is 0 Å². The second kappa shape index (κ2) is 5.44. The number of furan rings is 1. The maximum atomic E-state index is 13.2. The molecule has 1 heterocycles. The zero-order valence-corrected chi connectivity index (χ0v) is 11.5. The van der Waals surface area contributed by atoms with Crippen molar-refractivity contribution >= 4 is 22.6 Å². The Balaban J connectivity index is 2.06. The van der Waals surface area contributed by atoms with Gasteiger partial charge in [-0.25, -0.2) is 14.2 Å². The molecule has 2 aromatic carbocycles. The number of fused-ring (bicyclic) bond motifs is 1. The topological polar surface area (TPSA) is 51.2 Å². The van der Waals surface area contributed by atoms with Crippen LogP contribution in [0, 0.1) is 11.6 Å². The molecule has 1 unspecified atom stereocenters. The van der Waals surface area contributed by atoms with E-state index in [-0.39, 0.29) is 10.8 Å². The van der Waals surface area contributed by atoms with E-state index < -0.39 is 11.9 Å². The lowest BCUT2D eigenvalue weighted by Crippen LogP contribution is -2.28. The average molecular weight is 309 g/mol. The Labute approximate surface area is 124 Å². The monoisotopic (exact) mass is 308 g/mol. The maximum Gasteiger partial charge on any atom is 0.141 e. The van der Waals surface area contributed by atoms with E-state index in [2.05, 4.69) is 5.43 Å². The molecule has 0 aliphatic heterocycles. The smallest absolute Gasteiger partial charge is 0.141 e. The first-order valence-corrected chi connectivity index (χ1v) is 6.56. The van der Waals surface area contributed by atoms with E-state index in [0.29, 0.717) is 22.3 Å². The summed E-state index contributed by atoms with van der Waals surface area (Å²) in [6.07, 6.45) is 0. The van der Waals surface area contributed by atoms with Crippen LogP contribution in [0.4, 0.5) is 8.78 Å². The third-order valence-electron chi connectivity index (χ3n) is 3.23. The minimum atomic E-state index is -0.515. The first kappa shape index (κ1) is 14.0. The number of nitrogens with two attached hydrogens (primary N) is 1. The molecule has 3 rings (SSSR count). The van der Waals surface area contributed by atoms with Gasteiger partial charge >= 0.3 is 0 Å². The van der Waals surface area contributed by atoms with Crippen LogP contribution >= 0.6 is 11.6 Å². The van der Waals surface area contributed by atoms with Gasteiger partial charge in [-0.05, 0) is 42.0 Å². The summed E-state index contributed by atoms with van der Waals surface area (Å²) < 4.78 is 32.1. The lowest BCUT2D eigenvalue weighted by atomic mass is 10.0. The van der Waals surface area contributed by atoms with Crippen LogP contribution in [0.3, 0.4) is 0 Å². The van der Waals surface area contributed by atoms with Crippen molar-refractivity contribution in [2.24, 2.45) is 5.84 Å². The highest BCUT2D eigenvalue weighted by atomic mass is 35.5. The number of rotatable bonds is 3. The Kier molecular flexibility index (Phi) is 3.63. The first-order chi connectivity index (χ1) is 10.1. The van der Waals surface area contributed by atoms with Crippen molar-refractivity contribution in [3.05, 3.63) is 70.4 Å². The van der Waals surface area contributed by atoms with Crippen molar-refractivity contribution in [2.75, 3.05) is 0 Å². The first-order valence-electron chi connectivity index (χ1n) is 6.18. The second-order valence-electron chi connectivity index (χ2n) is 4.60. The molecule has 1 atom stereocenters. The lowest BCUT2D eigenvalue weighted by Gasteiger charge is -2.14. The number of nitrogens with one attached hydrogen (secondary N) is 1. The van der Waals surface area contributed by atoms with Crippen LogP contribution in [0.1, 0.15) is 17.4 Å². The summed E-state index contributed by atoms with van der Waals surface area (Å²) in [6, 6.07) is 9.67. The number of halogens is 3. The molecule has 21 heavy (non-hydrogen) atoms. The molecular formula is C15H11ClF2N2O. The highest BCUT2D eigenvalue weighted by Gasteiger charge is 2.18. The molecule has 108 valence electrons. The molecule has 0 amide bonds. The minimum absolute atomic E-state index is 0.00472. The average Bonchev–Trinajstić information content (AvgIpc) is 2.86. The van der Waals surface area contributed by atoms with Gasteiger partial charge in [0.15, 0.2) is 0 Å². The zero-order chi connectivity index (χ0) is 15.0. The van der Waals surface area contributed by atoms with Crippen LogP contribution in [-0.4, -0.2) is 0 Å². The van der Waals surface area contributed by atoms with Gasteiger partial charge in [0, 0.05) is 5.39 Å². The highest BCUT2D eigenvalue weighted by Crippen LogP contribution is 2.30. The summed E-state index contributed by atoms with van der Waals surface area (Å²) in [7, 11) is 0. The molecular weight excluding hydrogens is 298 g/mol. The van der Waals surface area contributed by atoms with Gasteiger partial charge in [-0.1, -0.05) is 17.7 Å². The van der Waals surface area contributed by atoms with Crippen molar-refractivity contribution in [1.29, 1.82) is 0 Å². The third-order valence-corrected chi connectivity index (χ3v) is 3.52. The van der Waals surface area contributed by atoms with E-state index in [4.69, 9.17) is 21.9 Å². The van der Waals surface area contributed by atoms with E-state index in [9.17, 15) is 8.78 Å². The number of hydrazine groups is 1. The van der Waals surface area contributed by atoms with Gasteiger partial charge in [-0.15, -0.1) is 0 Å². The quantitative estimate of drug-likeness (QED) is 0.569. The van der Waals surface area contributed by atoms with Gasteiger partial charge in [0.25, 0.3) is 0 Å². The summed E-state index contributed by atoms with van der Waals surface area (Å²) in [6.45, 7) is 0. The summed E-state index contributed by atoms with van der Waals surface area (Å²) in [5, 5.41) is 0.619. The molecule has 0 aliphatic carbocycles. The van der Waals surface area contributed by atoms with E-state index >= 15 is 0 Å². The third kappa shape index (κ3) is 2.63. The Morgan fingerprint density at radius 3 is 2.62 bits per heavy atom. The predicted octanol–water partition coefficient (Wildman–Crippen LogP) is 3.92. The Bertz CT molecular complexity index is 803. The largest absolute Gasteiger partial charge is 0.459 e. The summed E-state index contributed by atoms with van der Waals surface area (Å²) in [5.41, 5.74) is 3.77. The van der Waals surface area contributed by atoms with E-state index in [1.165, 1.54) is 24.3 Å². The van der Waals surface area contributed by atoms with Crippen LogP contribution in [0.5, 0.6) is 0 Å². The normalized spacial score (nSPS) is 12.8. The fourth-order valence-electron chi connectivity index (χ4n) is 2.21. The van der Waals surface area contributed by atoms with Crippen LogP contribution < -0.4 is 11.3 Å². The van der Waals surface area contributed by atoms with Crippen LogP contribution in [0.2, 0.25) is 5.02 Å². The predicted molar refractivity (Wildman–Crippen MR) is 76.7 cm³/mol. The van der Waals surface area contributed by atoms with Crippen molar-refractivity contribution in [2.45, 2.75) is 6.04 Å². The Hall–Kier alpha value is -1.95. The van der Waals surface area contributed by atoms with E-state index in [1.807, 2.05) is 0 Å². The van der Waals surface area contributed by atoms with Gasteiger partial charge < -0.3 is 4.42 Å². The van der Waals surface area contributed by atoms with Crippen molar-refractivity contribution < 1.29 is 13.2 Å². The fourth-order valence-corrected chi connectivity index (χ4v) is 2.40. The van der Waals surface area contributed by atoms with Crippen LogP contribution in [0.25, 0.3) is 11.0 Å². The molecule has 0 saturated carbocycles. The maximum absolute atomic E-state index is 13.2. The van der Waals surface area contributed by atoms with Crippen LogP contribution in [-0.2, 0) is 0 Å². The van der Waals surface area contributed by atoms with Gasteiger partial charge in [0.1, 0.15) is 29.0 Å². The zero-order valence-electron chi connectivity index (χ0n) is 10.7. The Morgan fingerprint density at radius 2 is 1.90 bits per heavy atom. The molecule has 0 spiro atoms. The molecule has 6 heteroatoms. The highest BCUT2D eigenvalue weighted by molar-refractivity contribution is 6.30. The molecule has 0 bridgehead atoms. The SMILES string of the molecule is NNC(c1ccc(F)c(Cl)c1)c1cc2cc(F)ccc2o1. The molecule has 0 radical (unpaired) electrons. The fraction of sp³-hybridized carbons (Fsp3) is 0.0667. The van der Waals surface area contributed by atoms with Crippen molar-refractivity contribution in [3.8, 4) is 0 Å².